The normalized spacial score (nSPS) is 10.9. The number of rotatable bonds is 9. The van der Waals surface area contributed by atoms with Crippen LogP contribution in [0.15, 0.2) is 147 Å². The summed E-state index contributed by atoms with van der Waals surface area (Å²) in [6, 6.07) is 44.3. The van der Waals surface area contributed by atoms with Crippen molar-refractivity contribution in [1.29, 1.82) is 0 Å². The Bertz CT molecular complexity index is 1590. The van der Waals surface area contributed by atoms with Crippen molar-refractivity contribution in [1.82, 2.24) is 0 Å². The molecule has 2 heteroatoms. The molecule has 0 bridgehead atoms. The van der Waals surface area contributed by atoms with Crippen molar-refractivity contribution in [3.63, 3.8) is 0 Å². The number of thiophene rings is 2. The third-order valence-electron chi connectivity index (χ3n) is 7.12. The molecule has 2 heterocycles. The first-order valence-electron chi connectivity index (χ1n) is 13.5. The standard InChI is InChI=1S/C38H30S2/c1-3-5-35-23-25-37(39-35)33-19-15-31(16-20-33)29-11-7-27(8-12-29)28-9-13-30(14-10-28)32-17-21-34(22-18-32)38-26-24-36(40-38)6-4-2/h3-4,7-26H,1-2,5-6H2. The summed E-state index contributed by atoms with van der Waals surface area (Å²) < 4.78 is 0. The molecular weight excluding hydrogens is 521 g/mol. The van der Waals surface area contributed by atoms with E-state index in [1.165, 1.54) is 64.0 Å². The van der Waals surface area contributed by atoms with Crippen LogP contribution in [0.4, 0.5) is 0 Å². The second-order valence-electron chi connectivity index (χ2n) is 9.83. The lowest BCUT2D eigenvalue weighted by atomic mass is 9.97. The van der Waals surface area contributed by atoms with Crippen molar-refractivity contribution in [3.05, 3.63) is 156 Å². The SMILES string of the molecule is C=CCc1ccc(-c2ccc(-c3ccc(-c4ccc(-c5ccc(-c6ccc(CC=C)s6)cc5)cc4)cc3)cc2)s1. The van der Waals surface area contributed by atoms with Gasteiger partial charge in [0.05, 0.1) is 0 Å². The van der Waals surface area contributed by atoms with Crippen LogP contribution >= 0.6 is 22.7 Å². The van der Waals surface area contributed by atoms with E-state index in [1.807, 2.05) is 34.8 Å². The zero-order valence-corrected chi connectivity index (χ0v) is 24.0. The fourth-order valence-corrected chi connectivity index (χ4v) is 6.95. The number of hydrogen-bond donors (Lipinski definition) is 0. The van der Waals surface area contributed by atoms with Crippen LogP contribution in [0.2, 0.25) is 0 Å². The van der Waals surface area contributed by atoms with Gasteiger partial charge in [0.1, 0.15) is 0 Å². The Morgan fingerprint density at radius 1 is 0.350 bits per heavy atom. The zero-order chi connectivity index (χ0) is 27.3. The summed E-state index contributed by atoms with van der Waals surface area (Å²) in [6.07, 6.45) is 5.78. The van der Waals surface area contributed by atoms with E-state index in [2.05, 4.69) is 134 Å². The average Bonchev–Trinajstić information content (AvgIpc) is 3.68. The van der Waals surface area contributed by atoms with Crippen LogP contribution < -0.4 is 0 Å². The van der Waals surface area contributed by atoms with Gasteiger partial charge in [0.15, 0.2) is 0 Å². The summed E-state index contributed by atoms with van der Waals surface area (Å²) >= 11 is 3.68. The maximum absolute atomic E-state index is 3.85. The van der Waals surface area contributed by atoms with Crippen molar-refractivity contribution in [2.24, 2.45) is 0 Å². The number of hydrogen-bond acceptors (Lipinski definition) is 2. The van der Waals surface area contributed by atoms with Crippen LogP contribution in [0.5, 0.6) is 0 Å². The van der Waals surface area contributed by atoms with Gasteiger partial charge < -0.3 is 0 Å². The van der Waals surface area contributed by atoms with Gasteiger partial charge in [0.2, 0.25) is 0 Å². The van der Waals surface area contributed by atoms with E-state index in [0.717, 1.165) is 12.8 Å². The Labute approximate surface area is 245 Å². The highest BCUT2D eigenvalue weighted by atomic mass is 32.1. The minimum Gasteiger partial charge on any atom is -0.140 e. The first-order valence-corrected chi connectivity index (χ1v) is 15.1. The predicted molar refractivity (Wildman–Crippen MR) is 177 cm³/mol. The van der Waals surface area contributed by atoms with Crippen molar-refractivity contribution >= 4 is 22.7 Å². The van der Waals surface area contributed by atoms with E-state index in [1.54, 1.807) is 0 Å². The minimum atomic E-state index is 0.929. The van der Waals surface area contributed by atoms with Crippen LogP contribution in [-0.4, -0.2) is 0 Å². The molecule has 40 heavy (non-hydrogen) atoms. The molecular formula is C38H30S2. The molecule has 0 atom stereocenters. The Hall–Kier alpha value is -4.24. The molecule has 0 unspecified atom stereocenters. The van der Waals surface area contributed by atoms with E-state index in [9.17, 15) is 0 Å². The quantitative estimate of drug-likeness (QED) is 0.157. The van der Waals surface area contributed by atoms with Crippen molar-refractivity contribution in [2.45, 2.75) is 12.8 Å². The van der Waals surface area contributed by atoms with E-state index >= 15 is 0 Å². The third-order valence-corrected chi connectivity index (χ3v) is 9.44. The second-order valence-corrected chi connectivity index (χ2v) is 12.2. The smallest absolute Gasteiger partial charge is 0.0345 e. The molecule has 0 radical (unpaired) electrons. The molecule has 0 N–H and O–H groups in total. The van der Waals surface area contributed by atoms with Crippen LogP contribution in [0.3, 0.4) is 0 Å². The molecule has 0 saturated heterocycles. The van der Waals surface area contributed by atoms with Gasteiger partial charge in [-0.1, -0.05) is 109 Å². The molecule has 6 rings (SSSR count). The van der Waals surface area contributed by atoms with Gasteiger partial charge in [-0.2, -0.15) is 0 Å². The molecule has 0 aliphatic rings. The highest BCUT2D eigenvalue weighted by Crippen LogP contribution is 2.33. The maximum Gasteiger partial charge on any atom is 0.0345 e. The van der Waals surface area contributed by atoms with E-state index < -0.39 is 0 Å². The summed E-state index contributed by atoms with van der Waals surface area (Å²) in [4.78, 5) is 5.31. The fourth-order valence-electron chi connectivity index (χ4n) is 4.93. The maximum atomic E-state index is 3.85. The molecule has 6 aromatic rings. The van der Waals surface area contributed by atoms with Crippen LogP contribution in [0.1, 0.15) is 9.75 Å². The molecule has 0 saturated carbocycles. The Kier molecular flexibility index (Phi) is 7.72. The molecule has 0 spiro atoms. The largest absolute Gasteiger partial charge is 0.140 e. The number of benzene rings is 4. The van der Waals surface area contributed by atoms with Gasteiger partial charge in [0, 0.05) is 19.5 Å². The molecule has 194 valence electrons. The van der Waals surface area contributed by atoms with Crippen LogP contribution in [0.25, 0.3) is 54.3 Å². The molecule has 0 aliphatic carbocycles. The van der Waals surface area contributed by atoms with Gasteiger partial charge in [0.25, 0.3) is 0 Å². The predicted octanol–water partition coefficient (Wildman–Crippen LogP) is 11.6. The highest BCUT2D eigenvalue weighted by Gasteiger charge is 2.07. The Morgan fingerprint density at radius 2 is 0.600 bits per heavy atom. The van der Waals surface area contributed by atoms with Gasteiger partial charge in [-0.05, 0) is 81.6 Å². The molecule has 4 aromatic carbocycles. The third kappa shape index (κ3) is 5.70. The zero-order valence-electron chi connectivity index (χ0n) is 22.3. The summed E-state index contributed by atoms with van der Waals surface area (Å²) in [5.74, 6) is 0. The minimum absolute atomic E-state index is 0.929. The first kappa shape index (κ1) is 26.0. The lowest BCUT2D eigenvalue weighted by Gasteiger charge is -2.08. The highest BCUT2D eigenvalue weighted by molar-refractivity contribution is 7.15. The van der Waals surface area contributed by atoms with E-state index in [4.69, 9.17) is 0 Å². The summed E-state index contributed by atoms with van der Waals surface area (Å²) in [5, 5.41) is 0. The summed E-state index contributed by atoms with van der Waals surface area (Å²) in [6.45, 7) is 7.69. The van der Waals surface area contributed by atoms with Crippen LogP contribution in [0, 0.1) is 0 Å². The molecule has 0 amide bonds. The van der Waals surface area contributed by atoms with Gasteiger partial charge in [-0.25, -0.2) is 0 Å². The van der Waals surface area contributed by atoms with E-state index in [-0.39, 0.29) is 0 Å². The average molecular weight is 551 g/mol. The lowest BCUT2D eigenvalue weighted by Crippen LogP contribution is -1.83. The summed E-state index contributed by atoms with van der Waals surface area (Å²) in [7, 11) is 0. The lowest BCUT2D eigenvalue weighted by molar-refractivity contribution is 1.36. The molecule has 0 fully saturated rings. The van der Waals surface area contributed by atoms with Crippen molar-refractivity contribution in [2.75, 3.05) is 0 Å². The van der Waals surface area contributed by atoms with Gasteiger partial charge >= 0.3 is 0 Å². The van der Waals surface area contributed by atoms with Crippen LogP contribution in [-0.2, 0) is 12.8 Å². The first-order chi connectivity index (χ1) is 19.7. The second kappa shape index (κ2) is 11.9. The number of allylic oxidation sites excluding steroid dienone is 2. The van der Waals surface area contributed by atoms with Gasteiger partial charge in [-0.3, -0.25) is 0 Å². The molecule has 0 nitrogen and oxygen atoms in total. The van der Waals surface area contributed by atoms with Crippen molar-refractivity contribution < 1.29 is 0 Å². The van der Waals surface area contributed by atoms with Crippen molar-refractivity contribution in [3.8, 4) is 54.3 Å². The topological polar surface area (TPSA) is 0 Å². The summed E-state index contributed by atoms with van der Waals surface area (Å²) in [5.41, 5.74) is 9.90. The van der Waals surface area contributed by atoms with E-state index in [0.29, 0.717) is 0 Å². The Morgan fingerprint density at radius 3 is 0.850 bits per heavy atom. The monoisotopic (exact) mass is 550 g/mol. The Balaban J connectivity index is 1.13. The molecule has 2 aromatic heterocycles. The fraction of sp³-hybridized carbons (Fsp3) is 0.0526. The van der Waals surface area contributed by atoms with Gasteiger partial charge in [-0.15, -0.1) is 35.8 Å². The molecule has 0 aliphatic heterocycles.